The lowest BCUT2D eigenvalue weighted by atomic mass is 9.48. The van der Waals surface area contributed by atoms with Crippen LogP contribution in [0.15, 0.2) is 24.3 Å². The maximum absolute atomic E-state index is 12.4. The standard InChI is InChI=1S/C17H21ClN2O3/c1-16(2)9-17(15(19)22)10-20(7-13(16)17)14(21)8-23-12-5-3-4-11(18)6-12/h3-6,13H,7-10H2,1-2H3,(H2,19,22)/t13-,17+/m1/s1. The lowest BCUT2D eigenvalue weighted by molar-refractivity contribution is -0.148. The fraction of sp³-hybridized carbons (Fsp3) is 0.529. The number of amides is 2. The van der Waals surface area contributed by atoms with E-state index in [0.29, 0.717) is 23.9 Å². The summed E-state index contributed by atoms with van der Waals surface area (Å²) in [6.45, 7) is 5.13. The van der Waals surface area contributed by atoms with Crippen molar-refractivity contribution >= 4 is 23.4 Å². The Hall–Kier alpha value is -1.75. The molecule has 2 N–H and O–H groups in total. The molecule has 0 aromatic heterocycles. The summed E-state index contributed by atoms with van der Waals surface area (Å²) in [5.74, 6) is 0.254. The van der Waals surface area contributed by atoms with Crippen LogP contribution in [0.1, 0.15) is 20.3 Å². The number of nitrogens with two attached hydrogens (primary N) is 1. The minimum atomic E-state index is -0.560. The Kier molecular flexibility index (Phi) is 3.79. The van der Waals surface area contributed by atoms with E-state index in [9.17, 15) is 9.59 Å². The van der Waals surface area contributed by atoms with Crippen molar-refractivity contribution in [2.24, 2.45) is 22.5 Å². The second kappa shape index (κ2) is 5.41. The van der Waals surface area contributed by atoms with E-state index in [-0.39, 0.29) is 29.8 Å². The van der Waals surface area contributed by atoms with Gasteiger partial charge in [-0.2, -0.15) is 0 Å². The highest BCUT2D eigenvalue weighted by Gasteiger charge is 2.66. The summed E-state index contributed by atoms with van der Waals surface area (Å²) in [6.07, 6.45) is 0.735. The van der Waals surface area contributed by atoms with Crippen molar-refractivity contribution in [3.63, 3.8) is 0 Å². The Bertz CT molecular complexity index is 661. The normalized spacial score (nSPS) is 28.0. The molecule has 1 saturated carbocycles. The molecule has 1 aromatic rings. The van der Waals surface area contributed by atoms with Crippen LogP contribution in [0.2, 0.25) is 5.02 Å². The van der Waals surface area contributed by atoms with Crippen molar-refractivity contribution in [1.29, 1.82) is 0 Å². The Labute approximate surface area is 140 Å². The Morgan fingerprint density at radius 3 is 2.74 bits per heavy atom. The molecule has 2 aliphatic rings. The second-order valence-electron chi connectivity index (χ2n) is 7.26. The predicted molar refractivity (Wildman–Crippen MR) is 87.0 cm³/mol. The molecule has 124 valence electrons. The second-order valence-corrected chi connectivity index (χ2v) is 7.70. The number of ether oxygens (including phenoxy) is 1. The molecule has 5 nitrogen and oxygen atoms in total. The van der Waals surface area contributed by atoms with Crippen molar-refractivity contribution in [1.82, 2.24) is 4.90 Å². The van der Waals surface area contributed by atoms with Crippen LogP contribution in [-0.4, -0.2) is 36.4 Å². The molecule has 23 heavy (non-hydrogen) atoms. The predicted octanol–water partition coefficient (Wildman–Crippen LogP) is 2.08. The van der Waals surface area contributed by atoms with E-state index in [2.05, 4.69) is 13.8 Å². The van der Waals surface area contributed by atoms with Gasteiger partial charge in [0.2, 0.25) is 5.91 Å². The molecular formula is C17H21ClN2O3. The minimum absolute atomic E-state index is 0.0396. The summed E-state index contributed by atoms with van der Waals surface area (Å²) >= 11 is 5.89. The molecule has 2 atom stereocenters. The average molecular weight is 337 g/mol. The summed E-state index contributed by atoms with van der Waals surface area (Å²) in [5, 5.41) is 0.559. The highest BCUT2D eigenvalue weighted by molar-refractivity contribution is 6.30. The molecule has 1 aliphatic carbocycles. The van der Waals surface area contributed by atoms with Crippen LogP contribution in [0.5, 0.6) is 5.75 Å². The Balaban J connectivity index is 1.64. The van der Waals surface area contributed by atoms with Gasteiger partial charge in [0.25, 0.3) is 5.91 Å². The van der Waals surface area contributed by atoms with E-state index in [1.165, 1.54) is 0 Å². The molecular weight excluding hydrogens is 316 g/mol. The van der Waals surface area contributed by atoms with Gasteiger partial charge in [-0.3, -0.25) is 9.59 Å². The van der Waals surface area contributed by atoms with Gasteiger partial charge in [0.15, 0.2) is 6.61 Å². The summed E-state index contributed by atoms with van der Waals surface area (Å²) in [6, 6.07) is 6.92. The van der Waals surface area contributed by atoms with Crippen LogP contribution in [0.4, 0.5) is 0 Å². The first-order valence-corrected chi connectivity index (χ1v) is 8.08. The number of hydrogen-bond donors (Lipinski definition) is 1. The summed E-state index contributed by atoms with van der Waals surface area (Å²) in [4.78, 5) is 26.0. The molecule has 0 spiro atoms. The summed E-state index contributed by atoms with van der Waals surface area (Å²) in [7, 11) is 0. The molecule has 1 heterocycles. The van der Waals surface area contributed by atoms with Gasteiger partial charge >= 0.3 is 0 Å². The highest BCUT2D eigenvalue weighted by atomic mass is 35.5. The van der Waals surface area contributed by atoms with Crippen molar-refractivity contribution in [2.75, 3.05) is 19.7 Å². The first-order chi connectivity index (χ1) is 10.7. The van der Waals surface area contributed by atoms with Crippen LogP contribution in [0.3, 0.4) is 0 Å². The highest BCUT2D eigenvalue weighted by Crippen LogP contribution is 2.62. The monoisotopic (exact) mass is 336 g/mol. The van der Waals surface area contributed by atoms with E-state index in [4.69, 9.17) is 22.1 Å². The molecule has 1 aromatic carbocycles. The number of likely N-dealkylation sites (tertiary alicyclic amines) is 1. The van der Waals surface area contributed by atoms with Gasteiger partial charge in [0.1, 0.15) is 5.75 Å². The number of carbonyl (C=O) groups is 2. The van der Waals surface area contributed by atoms with Gasteiger partial charge in [0, 0.05) is 18.1 Å². The van der Waals surface area contributed by atoms with Gasteiger partial charge < -0.3 is 15.4 Å². The molecule has 3 rings (SSSR count). The molecule has 0 unspecified atom stereocenters. The first-order valence-electron chi connectivity index (χ1n) is 7.71. The third-order valence-corrected chi connectivity index (χ3v) is 5.49. The number of nitrogens with zero attached hydrogens (tertiary/aromatic N) is 1. The van der Waals surface area contributed by atoms with Gasteiger partial charge in [-0.1, -0.05) is 31.5 Å². The summed E-state index contributed by atoms with van der Waals surface area (Å²) in [5.41, 5.74) is 5.10. The molecule has 1 saturated heterocycles. The van der Waals surface area contributed by atoms with Crippen molar-refractivity contribution in [3.8, 4) is 5.75 Å². The van der Waals surface area contributed by atoms with Crippen LogP contribution >= 0.6 is 11.6 Å². The van der Waals surface area contributed by atoms with Crippen molar-refractivity contribution < 1.29 is 14.3 Å². The van der Waals surface area contributed by atoms with Crippen molar-refractivity contribution in [2.45, 2.75) is 20.3 Å². The molecule has 0 radical (unpaired) electrons. The lowest BCUT2D eigenvalue weighted by Crippen LogP contribution is -2.59. The topological polar surface area (TPSA) is 72.6 Å². The Morgan fingerprint density at radius 2 is 2.17 bits per heavy atom. The number of rotatable bonds is 4. The fourth-order valence-electron chi connectivity index (χ4n) is 4.21. The molecule has 6 heteroatoms. The van der Waals surface area contributed by atoms with Gasteiger partial charge in [-0.15, -0.1) is 0 Å². The quantitative estimate of drug-likeness (QED) is 0.915. The average Bonchev–Trinajstić information content (AvgIpc) is 2.81. The SMILES string of the molecule is CC1(C)C[C@]2(C(N)=O)CN(C(=O)COc3cccc(Cl)c3)C[C@H]12. The number of carbonyl (C=O) groups excluding carboxylic acids is 2. The molecule has 2 fully saturated rings. The smallest absolute Gasteiger partial charge is 0.260 e. The van der Waals surface area contributed by atoms with Gasteiger partial charge in [0.05, 0.1) is 5.41 Å². The van der Waals surface area contributed by atoms with Gasteiger partial charge in [-0.25, -0.2) is 0 Å². The van der Waals surface area contributed by atoms with Crippen LogP contribution in [-0.2, 0) is 9.59 Å². The van der Waals surface area contributed by atoms with Gasteiger partial charge in [-0.05, 0) is 36.0 Å². The number of halogens is 1. The third kappa shape index (κ3) is 2.67. The maximum Gasteiger partial charge on any atom is 0.260 e. The van der Waals surface area contributed by atoms with E-state index >= 15 is 0 Å². The molecule has 0 bridgehead atoms. The minimum Gasteiger partial charge on any atom is -0.484 e. The molecule has 1 aliphatic heterocycles. The zero-order valence-corrected chi connectivity index (χ0v) is 14.1. The molecule has 2 amide bonds. The lowest BCUT2D eigenvalue weighted by Gasteiger charge is -2.54. The fourth-order valence-corrected chi connectivity index (χ4v) is 4.39. The van der Waals surface area contributed by atoms with Crippen LogP contribution < -0.4 is 10.5 Å². The Morgan fingerprint density at radius 1 is 1.43 bits per heavy atom. The zero-order chi connectivity index (χ0) is 16.8. The summed E-state index contributed by atoms with van der Waals surface area (Å²) < 4.78 is 5.51. The van der Waals surface area contributed by atoms with Crippen LogP contribution in [0, 0.1) is 16.7 Å². The van der Waals surface area contributed by atoms with E-state index in [1.54, 1.807) is 29.2 Å². The van der Waals surface area contributed by atoms with E-state index in [0.717, 1.165) is 6.42 Å². The van der Waals surface area contributed by atoms with E-state index < -0.39 is 5.41 Å². The largest absolute Gasteiger partial charge is 0.484 e. The number of fused-ring (bicyclic) bond motifs is 1. The zero-order valence-electron chi connectivity index (χ0n) is 13.3. The number of benzene rings is 1. The number of hydrogen-bond acceptors (Lipinski definition) is 3. The maximum atomic E-state index is 12.4. The van der Waals surface area contributed by atoms with E-state index in [1.807, 2.05) is 0 Å². The third-order valence-electron chi connectivity index (χ3n) is 5.26. The van der Waals surface area contributed by atoms with Crippen LogP contribution in [0.25, 0.3) is 0 Å². The van der Waals surface area contributed by atoms with Crippen molar-refractivity contribution in [3.05, 3.63) is 29.3 Å². The first kappa shape index (κ1) is 16.1. The number of primary amides is 1.